The van der Waals surface area contributed by atoms with Crippen LogP contribution in [0.2, 0.25) is 0 Å². The zero-order chi connectivity index (χ0) is 15.3. The van der Waals surface area contributed by atoms with Crippen LogP contribution in [0.1, 0.15) is 56.1 Å². The maximum atomic E-state index is 4.70. The summed E-state index contributed by atoms with van der Waals surface area (Å²) in [6, 6.07) is 0.394. The van der Waals surface area contributed by atoms with Crippen molar-refractivity contribution < 1.29 is 0 Å². The molecule has 4 nitrogen and oxygen atoms in total. The number of hydrogen-bond acceptors (Lipinski definition) is 3. The molecule has 0 amide bonds. The van der Waals surface area contributed by atoms with E-state index < -0.39 is 0 Å². The molecule has 0 aromatic carbocycles. The van der Waals surface area contributed by atoms with Gasteiger partial charge < -0.3 is 10.6 Å². The van der Waals surface area contributed by atoms with Gasteiger partial charge in [-0.15, -0.1) is 11.3 Å². The molecule has 0 bridgehead atoms. The van der Waals surface area contributed by atoms with E-state index in [0.29, 0.717) is 17.9 Å². The molecule has 0 aliphatic carbocycles. The molecule has 0 aliphatic rings. The van der Waals surface area contributed by atoms with Crippen LogP contribution < -0.4 is 10.6 Å². The Bertz CT molecular complexity index is 449. The van der Waals surface area contributed by atoms with Gasteiger partial charge >= 0.3 is 0 Å². The molecular weight excluding hydrogens is 268 g/mol. The van der Waals surface area contributed by atoms with Gasteiger partial charge in [-0.25, -0.2) is 4.98 Å². The average molecular weight is 296 g/mol. The fraction of sp³-hybridized carbons (Fsp3) is 0.733. The van der Waals surface area contributed by atoms with Gasteiger partial charge in [0.25, 0.3) is 0 Å². The minimum atomic E-state index is 0.394. The van der Waals surface area contributed by atoms with Gasteiger partial charge in [-0.05, 0) is 25.7 Å². The maximum Gasteiger partial charge on any atom is 0.191 e. The molecule has 0 saturated heterocycles. The van der Waals surface area contributed by atoms with Crippen molar-refractivity contribution in [3.8, 4) is 0 Å². The van der Waals surface area contributed by atoms with Gasteiger partial charge in [0.2, 0.25) is 0 Å². The molecule has 0 radical (unpaired) electrons. The quantitative estimate of drug-likeness (QED) is 0.647. The molecule has 1 heterocycles. The average Bonchev–Trinajstić information content (AvgIpc) is 2.75. The fourth-order valence-corrected chi connectivity index (χ4v) is 2.84. The molecule has 1 rings (SSSR count). The Kier molecular flexibility index (Phi) is 6.46. The van der Waals surface area contributed by atoms with Crippen LogP contribution in [0, 0.1) is 12.8 Å². The second-order valence-electron chi connectivity index (χ2n) is 5.81. The smallest absolute Gasteiger partial charge is 0.191 e. The van der Waals surface area contributed by atoms with E-state index in [4.69, 9.17) is 4.98 Å². The molecule has 5 heteroatoms. The number of aromatic nitrogens is 1. The number of thiazole rings is 1. The molecule has 20 heavy (non-hydrogen) atoms. The second-order valence-corrected chi connectivity index (χ2v) is 7.09. The van der Waals surface area contributed by atoms with Crippen LogP contribution in [0.15, 0.2) is 4.99 Å². The van der Waals surface area contributed by atoms with E-state index >= 15 is 0 Å². The van der Waals surface area contributed by atoms with E-state index in [2.05, 4.69) is 57.2 Å². The van der Waals surface area contributed by atoms with Gasteiger partial charge in [0.1, 0.15) is 5.01 Å². The Morgan fingerprint density at radius 3 is 2.35 bits per heavy atom. The van der Waals surface area contributed by atoms with Gasteiger partial charge in [-0.2, -0.15) is 0 Å². The monoisotopic (exact) mass is 296 g/mol. The fourth-order valence-electron chi connectivity index (χ4n) is 1.81. The third-order valence-corrected chi connectivity index (χ3v) is 4.41. The molecular formula is C15H28N4S. The van der Waals surface area contributed by atoms with Crippen LogP contribution in [0.5, 0.6) is 0 Å². The Balaban J connectivity index is 2.59. The first-order valence-corrected chi connectivity index (χ1v) is 8.10. The van der Waals surface area contributed by atoms with E-state index in [1.54, 1.807) is 18.4 Å². The summed E-state index contributed by atoms with van der Waals surface area (Å²) in [6.45, 7) is 13.8. The normalized spacial score (nSPS) is 13.9. The lowest BCUT2D eigenvalue weighted by molar-refractivity contribution is 0.481. The molecule has 114 valence electrons. The van der Waals surface area contributed by atoms with Gasteiger partial charge in [-0.3, -0.25) is 4.99 Å². The predicted octanol–water partition coefficient (Wildman–Crippen LogP) is 3.28. The maximum absolute atomic E-state index is 4.70. The highest BCUT2D eigenvalue weighted by Gasteiger charge is 2.12. The van der Waals surface area contributed by atoms with E-state index in [0.717, 1.165) is 17.5 Å². The molecule has 1 aromatic heterocycles. The first kappa shape index (κ1) is 17.0. The van der Waals surface area contributed by atoms with Crippen LogP contribution in [0.3, 0.4) is 0 Å². The summed E-state index contributed by atoms with van der Waals surface area (Å²) in [4.78, 5) is 10.3. The minimum absolute atomic E-state index is 0.394. The van der Waals surface area contributed by atoms with Crippen molar-refractivity contribution in [2.24, 2.45) is 10.9 Å². The summed E-state index contributed by atoms with van der Waals surface area (Å²) in [5.74, 6) is 1.90. The zero-order valence-corrected chi connectivity index (χ0v) is 14.6. The van der Waals surface area contributed by atoms with E-state index in [1.165, 1.54) is 10.6 Å². The van der Waals surface area contributed by atoms with Gasteiger partial charge in [-0.1, -0.05) is 27.7 Å². The lowest BCUT2D eigenvalue weighted by Crippen LogP contribution is -2.43. The summed E-state index contributed by atoms with van der Waals surface area (Å²) in [5.41, 5.74) is 1.21. The Labute approximate surface area is 127 Å². The van der Waals surface area contributed by atoms with Crippen molar-refractivity contribution >= 4 is 17.3 Å². The van der Waals surface area contributed by atoms with Crippen molar-refractivity contribution in [3.63, 3.8) is 0 Å². The number of hydrogen-bond donors (Lipinski definition) is 2. The van der Waals surface area contributed by atoms with Crippen LogP contribution in [0.4, 0.5) is 0 Å². The molecule has 2 N–H and O–H groups in total. The molecule has 1 atom stereocenters. The minimum Gasteiger partial charge on any atom is -0.354 e. The van der Waals surface area contributed by atoms with E-state index in [9.17, 15) is 0 Å². The van der Waals surface area contributed by atoms with Crippen molar-refractivity contribution in [3.05, 3.63) is 15.6 Å². The predicted molar refractivity (Wildman–Crippen MR) is 88.6 cm³/mol. The van der Waals surface area contributed by atoms with E-state index in [-0.39, 0.29) is 0 Å². The first-order valence-electron chi connectivity index (χ1n) is 7.28. The highest BCUT2D eigenvalue weighted by atomic mass is 32.1. The van der Waals surface area contributed by atoms with E-state index in [1.807, 2.05) is 0 Å². The summed E-state index contributed by atoms with van der Waals surface area (Å²) < 4.78 is 0. The van der Waals surface area contributed by atoms with Gasteiger partial charge in [0, 0.05) is 18.0 Å². The van der Waals surface area contributed by atoms with Crippen molar-refractivity contribution in [2.45, 2.75) is 60.0 Å². The molecule has 1 aromatic rings. The lowest BCUT2D eigenvalue weighted by atomic mass is 10.1. The largest absolute Gasteiger partial charge is 0.354 e. The SMILES string of the molecule is CN=C(NCc1nc(C(C)C)c(C)s1)NC(C)C(C)C. The van der Waals surface area contributed by atoms with Crippen LogP contribution in [-0.2, 0) is 6.54 Å². The summed E-state index contributed by atoms with van der Waals surface area (Å²) in [6.07, 6.45) is 0. The van der Waals surface area contributed by atoms with Gasteiger partial charge in [0.05, 0.1) is 12.2 Å². The molecule has 0 aliphatic heterocycles. The second kappa shape index (κ2) is 7.62. The van der Waals surface area contributed by atoms with Crippen molar-refractivity contribution in [1.29, 1.82) is 0 Å². The number of guanidine groups is 1. The highest BCUT2D eigenvalue weighted by Crippen LogP contribution is 2.23. The Morgan fingerprint density at radius 1 is 1.25 bits per heavy atom. The Hall–Kier alpha value is -1.10. The van der Waals surface area contributed by atoms with Gasteiger partial charge in [0.15, 0.2) is 5.96 Å². The number of nitrogens with zero attached hydrogens (tertiary/aromatic N) is 2. The van der Waals surface area contributed by atoms with Crippen molar-refractivity contribution in [2.75, 3.05) is 7.05 Å². The number of aliphatic imine (C=N–C) groups is 1. The molecule has 0 spiro atoms. The highest BCUT2D eigenvalue weighted by molar-refractivity contribution is 7.11. The third kappa shape index (κ3) is 4.78. The summed E-state index contributed by atoms with van der Waals surface area (Å²) >= 11 is 1.76. The lowest BCUT2D eigenvalue weighted by Gasteiger charge is -2.20. The molecule has 0 saturated carbocycles. The topological polar surface area (TPSA) is 49.3 Å². The zero-order valence-electron chi connectivity index (χ0n) is 13.7. The summed E-state index contributed by atoms with van der Waals surface area (Å²) in [7, 11) is 1.80. The summed E-state index contributed by atoms with van der Waals surface area (Å²) in [5, 5.41) is 7.85. The van der Waals surface area contributed by atoms with Crippen molar-refractivity contribution in [1.82, 2.24) is 15.6 Å². The van der Waals surface area contributed by atoms with Crippen LogP contribution >= 0.6 is 11.3 Å². The number of rotatable bonds is 5. The number of nitrogens with one attached hydrogen (secondary N) is 2. The first-order chi connectivity index (χ1) is 9.35. The molecule has 0 fully saturated rings. The number of aryl methyl sites for hydroxylation is 1. The Morgan fingerprint density at radius 2 is 1.90 bits per heavy atom. The third-order valence-electron chi connectivity index (χ3n) is 3.42. The standard InChI is InChI=1S/C15H28N4S/c1-9(2)11(5)18-15(16-7)17-8-13-19-14(10(3)4)12(6)20-13/h9-11H,8H2,1-7H3,(H2,16,17,18). The van der Waals surface area contributed by atoms with Crippen LogP contribution in [0.25, 0.3) is 0 Å². The van der Waals surface area contributed by atoms with Crippen LogP contribution in [-0.4, -0.2) is 24.0 Å². The molecule has 1 unspecified atom stereocenters.